The molecule has 0 fully saturated rings. The highest BCUT2D eigenvalue weighted by atomic mass is 35.5. The van der Waals surface area contributed by atoms with E-state index in [1.807, 2.05) is 62.4 Å². The second kappa shape index (κ2) is 9.49. The molecule has 1 N–H and O–H groups in total. The number of carbonyl (C=O) groups excluding carboxylic acids is 1. The molecule has 0 unspecified atom stereocenters. The van der Waals surface area contributed by atoms with Crippen molar-refractivity contribution in [2.75, 3.05) is 11.1 Å². The Kier molecular flexibility index (Phi) is 6.26. The highest BCUT2D eigenvalue weighted by Crippen LogP contribution is 2.41. The van der Waals surface area contributed by atoms with Crippen molar-refractivity contribution >= 4 is 35.0 Å². The number of nitrogens with one attached hydrogen (secondary N) is 1. The first-order valence-corrected chi connectivity index (χ1v) is 12.3. The Labute approximate surface area is 207 Å². The van der Waals surface area contributed by atoms with Gasteiger partial charge in [-0.15, -0.1) is 0 Å². The number of anilines is 1. The molecule has 2 heterocycles. The van der Waals surface area contributed by atoms with Gasteiger partial charge in [0.15, 0.2) is 5.82 Å². The van der Waals surface area contributed by atoms with Gasteiger partial charge in [0, 0.05) is 12.0 Å². The minimum absolute atomic E-state index is 0.157. The lowest BCUT2D eigenvalue weighted by molar-refractivity contribution is -0.113. The number of aromatic nitrogens is 2. The minimum Gasteiger partial charge on any atom is -0.438 e. The van der Waals surface area contributed by atoms with E-state index < -0.39 is 0 Å². The minimum atomic E-state index is -0.157. The molecule has 1 amide bonds. The number of carbonyl (C=O) groups is 1. The first-order chi connectivity index (χ1) is 16.5. The molecule has 7 heteroatoms. The second-order valence-corrected chi connectivity index (χ2v) is 9.53. The fraction of sp³-hybridized carbons (Fsp3) is 0.148. The molecule has 0 radical (unpaired) electrons. The molecule has 5 rings (SSSR count). The van der Waals surface area contributed by atoms with Crippen molar-refractivity contribution in [1.29, 1.82) is 0 Å². The number of benzene rings is 3. The van der Waals surface area contributed by atoms with Crippen molar-refractivity contribution in [3.63, 3.8) is 0 Å². The lowest BCUT2D eigenvalue weighted by Gasteiger charge is -2.23. The van der Waals surface area contributed by atoms with Crippen molar-refractivity contribution < 1.29 is 9.53 Å². The van der Waals surface area contributed by atoms with Crippen LogP contribution in [0.1, 0.15) is 22.3 Å². The zero-order valence-electron chi connectivity index (χ0n) is 18.8. The molecule has 0 spiro atoms. The summed E-state index contributed by atoms with van der Waals surface area (Å²) in [7, 11) is 0. The van der Waals surface area contributed by atoms with Gasteiger partial charge in [0.25, 0.3) is 0 Å². The number of nitrogens with zero attached hydrogens (tertiary/aromatic N) is 2. The zero-order chi connectivity index (χ0) is 23.7. The number of halogens is 1. The van der Waals surface area contributed by atoms with Crippen LogP contribution in [0.4, 0.5) is 5.69 Å². The van der Waals surface area contributed by atoms with Gasteiger partial charge >= 0.3 is 0 Å². The number of hydrogen-bond donors (Lipinski definition) is 1. The normalized spacial score (nSPS) is 11.9. The number of rotatable bonds is 5. The van der Waals surface area contributed by atoms with E-state index in [0.29, 0.717) is 28.8 Å². The van der Waals surface area contributed by atoms with E-state index >= 15 is 0 Å². The Morgan fingerprint density at radius 2 is 1.82 bits per heavy atom. The second-order valence-electron chi connectivity index (χ2n) is 8.16. The van der Waals surface area contributed by atoms with Gasteiger partial charge in [-0.3, -0.25) is 4.79 Å². The van der Waals surface area contributed by atoms with Gasteiger partial charge in [0.2, 0.25) is 11.8 Å². The van der Waals surface area contributed by atoms with E-state index in [1.54, 1.807) is 12.1 Å². The van der Waals surface area contributed by atoms with Crippen molar-refractivity contribution in [2.24, 2.45) is 0 Å². The largest absolute Gasteiger partial charge is 0.438 e. The summed E-state index contributed by atoms with van der Waals surface area (Å²) < 4.78 is 6.27. The number of para-hydroxylation sites is 2. The van der Waals surface area contributed by atoms with E-state index in [0.717, 1.165) is 38.6 Å². The molecule has 0 bridgehead atoms. The fourth-order valence-corrected chi connectivity index (χ4v) is 4.81. The summed E-state index contributed by atoms with van der Waals surface area (Å²) in [5.41, 5.74) is 5.69. The number of fused-ring (bicyclic) bond motifs is 2. The summed E-state index contributed by atoms with van der Waals surface area (Å²) in [5, 5.41) is 4.11. The number of amides is 1. The van der Waals surface area contributed by atoms with Crippen molar-refractivity contribution in [2.45, 2.75) is 25.3 Å². The van der Waals surface area contributed by atoms with Gasteiger partial charge in [0.1, 0.15) is 10.8 Å². The van der Waals surface area contributed by atoms with E-state index in [2.05, 4.69) is 11.4 Å². The molecule has 1 aliphatic rings. The molecule has 1 aliphatic heterocycles. The summed E-state index contributed by atoms with van der Waals surface area (Å²) in [5.74, 6) is 1.99. The third-order valence-corrected chi connectivity index (χ3v) is 6.94. The van der Waals surface area contributed by atoms with Gasteiger partial charge in [-0.2, -0.15) is 4.98 Å². The van der Waals surface area contributed by atoms with Crippen LogP contribution < -0.4 is 10.1 Å². The molecule has 3 aromatic carbocycles. The molecule has 34 heavy (non-hydrogen) atoms. The highest BCUT2D eigenvalue weighted by Gasteiger charge is 2.25. The molecule has 1 aromatic heterocycles. The maximum Gasteiger partial charge on any atom is 0.234 e. The van der Waals surface area contributed by atoms with Crippen LogP contribution in [0.25, 0.3) is 11.4 Å². The Morgan fingerprint density at radius 1 is 1.03 bits per heavy atom. The monoisotopic (exact) mass is 487 g/mol. The van der Waals surface area contributed by atoms with Crippen molar-refractivity contribution in [3.05, 3.63) is 94.0 Å². The van der Waals surface area contributed by atoms with Crippen LogP contribution in [-0.4, -0.2) is 21.6 Å². The number of aryl methyl sites for hydroxylation is 2. The number of thioether (sulfide) groups is 1. The Balaban J connectivity index is 1.47. The number of ether oxygens (including phenoxy) is 1. The molecule has 0 saturated heterocycles. The van der Waals surface area contributed by atoms with E-state index in [9.17, 15) is 4.79 Å². The zero-order valence-corrected chi connectivity index (χ0v) is 20.3. The fourth-order valence-electron chi connectivity index (χ4n) is 3.80. The quantitative estimate of drug-likeness (QED) is 0.217. The average molecular weight is 488 g/mol. The van der Waals surface area contributed by atoms with Crippen LogP contribution in [0, 0.1) is 13.8 Å². The lowest BCUT2D eigenvalue weighted by Crippen LogP contribution is -2.15. The van der Waals surface area contributed by atoms with Crippen molar-refractivity contribution in [1.82, 2.24) is 9.97 Å². The highest BCUT2D eigenvalue weighted by molar-refractivity contribution is 8.00. The maximum absolute atomic E-state index is 12.7. The van der Waals surface area contributed by atoms with E-state index in [-0.39, 0.29) is 11.7 Å². The van der Waals surface area contributed by atoms with Crippen LogP contribution >= 0.6 is 23.4 Å². The molecule has 5 nitrogen and oxygen atoms in total. The predicted octanol–water partition coefficient (Wildman–Crippen LogP) is 6.84. The third-order valence-electron chi connectivity index (χ3n) is 5.59. The summed E-state index contributed by atoms with van der Waals surface area (Å²) in [6.45, 7) is 4.07. The SMILES string of the molecule is Cc1ccc(-c2nc3c(c(SCC(=O)Nc4ccccc4Cl)n2)Cc2cccc(C)c2O3)cc1. The number of hydrogen-bond acceptors (Lipinski definition) is 5. The first kappa shape index (κ1) is 22.4. The van der Waals surface area contributed by atoms with Crippen molar-refractivity contribution in [3.8, 4) is 23.0 Å². The molecule has 0 atom stereocenters. The third kappa shape index (κ3) is 4.65. The summed E-state index contributed by atoms with van der Waals surface area (Å²) in [6, 6.07) is 21.3. The molecule has 0 aliphatic carbocycles. The molecular weight excluding hydrogens is 466 g/mol. The summed E-state index contributed by atoms with van der Waals surface area (Å²) in [6.07, 6.45) is 0.648. The predicted molar refractivity (Wildman–Crippen MR) is 137 cm³/mol. The summed E-state index contributed by atoms with van der Waals surface area (Å²) in [4.78, 5) is 22.3. The van der Waals surface area contributed by atoms with Crippen LogP contribution in [-0.2, 0) is 11.2 Å². The van der Waals surface area contributed by atoms with Crippen LogP contribution in [0.3, 0.4) is 0 Å². The van der Waals surface area contributed by atoms with Gasteiger partial charge in [-0.25, -0.2) is 4.98 Å². The first-order valence-electron chi connectivity index (χ1n) is 10.9. The average Bonchev–Trinajstić information content (AvgIpc) is 2.84. The van der Waals surface area contributed by atoms with E-state index in [4.69, 9.17) is 26.3 Å². The van der Waals surface area contributed by atoms with Gasteiger partial charge in [-0.1, -0.05) is 83.5 Å². The Hall–Kier alpha value is -3.35. The molecule has 0 saturated carbocycles. The Bertz CT molecular complexity index is 1390. The topological polar surface area (TPSA) is 64.1 Å². The molecule has 170 valence electrons. The van der Waals surface area contributed by atoms with Crippen LogP contribution in [0.15, 0.2) is 71.8 Å². The smallest absolute Gasteiger partial charge is 0.234 e. The lowest BCUT2D eigenvalue weighted by atomic mass is 10.0. The standard InChI is InChI=1S/C27H22ClN3O2S/c1-16-10-12-18(13-11-16)25-30-26-20(14-19-7-5-6-17(2)24(19)33-26)27(31-25)34-15-23(32)29-22-9-4-3-8-21(22)28/h3-13H,14-15H2,1-2H3,(H,29,32). The molecular formula is C27H22ClN3O2S. The van der Waals surface area contributed by atoms with E-state index in [1.165, 1.54) is 11.8 Å². The van der Waals surface area contributed by atoms with Gasteiger partial charge in [-0.05, 0) is 37.1 Å². The van der Waals surface area contributed by atoms with Crippen LogP contribution in [0.5, 0.6) is 11.6 Å². The van der Waals surface area contributed by atoms with Gasteiger partial charge in [0.05, 0.1) is 22.0 Å². The Morgan fingerprint density at radius 3 is 2.62 bits per heavy atom. The van der Waals surface area contributed by atoms with Gasteiger partial charge < -0.3 is 10.1 Å². The maximum atomic E-state index is 12.7. The summed E-state index contributed by atoms with van der Waals surface area (Å²) >= 11 is 7.55. The molecule has 4 aromatic rings. The van der Waals surface area contributed by atoms with Crippen LogP contribution in [0.2, 0.25) is 5.02 Å².